The number of methoxy groups -OCH3 is 1. The third-order valence-electron chi connectivity index (χ3n) is 6.76. The molecule has 4 rings (SSSR count). The molecule has 1 saturated heterocycles. The maximum Gasteiger partial charge on any atom is 0.416 e. The molecule has 0 unspecified atom stereocenters. The van der Waals surface area contributed by atoms with E-state index in [4.69, 9.17) is 4.74 Å². The minimum atomic E-state index is -4.37. The second-order valence-corrected chi connectivity index (χ2v) is 10.1. The molecule has 5 nitrogen and oxygen atoms in total. The summed E-state index contributed by atoms with van der Waals surface area (Å²) in [7, 11) is 1.33. The Balaban J connectivity index is 1.47. The molecule has 0 radical (unpaired) electrons. The van der Waals surface area contributed by atoms with Crippen molar-refractivity contribution in [1.82, 2.24) is 10.2 Å². The summed E-state index contributed by atoms with van der Waals surface area (Å²) < 4.78 is 43.4. The molecule has 182 valence electrons. The second kappa shape index (κ2) is 8.73. The fourth-order valence-corrected chi connectivity index (χ4v) is 4.81. The Kier molecular flexibility index (Phi) is 6.23. The first-order valence-electron chi connectivity index (χ1n) is 11.3. The van der Waals surface area contributed by atoms with Crippen LogP contribution in [-0.2, 0) is 27.8 Å². The van der Waals surface area contributed by atoms with Crippen LogP contribution in [0.2, 0.25) is 0 Å². The highest BCUT2D eigenvalue weighted by Gasteiger charge is 2.49. The van der Waals surface area contributed by atoms with Gasteiger partial charge in [-0.3, -0.25) is 9.69 Å². The summed E-state index contributed by atoms with van der Waals surface area (Å²) in [5, 5.41) is 3.23. The van der Waals surface area contributed by atoms with Gasteiger partial charge in [-0.15, -0.1) is 0 Å². The number of esters is 1. The molecule has 1 amide bonds. The van der Waals surface area contributed by atoms with Gasteiger partial charge in [0.15, 0.2) is 0 Å². The number of halogens is 3. The molecule has 1 saturated carbocycles. The molecule has 2 aromatic carbocycles. The van der Waals surface area contributed by atoms with Crippen LogP contribution in [0.5, 0.6) is 0 Å². The number of carbonyl (C=O) groups excluding carboxylic acids is 2. The molecule has 0 bridgehead atoms. The van der Waals surface area contributed by atoms with Gasteiger partial charge in [0, 0.05) is 13.1 Å². The fraction of sp³-hybridized carbons (Fsp3) is 0.462. The van der Waals surface area contributed by atoms with Crippen molar-refractivity contribution in [2.75, 3.05) is 13.7 Å². The largest absolute Gasteiger partial charge is 0.465 e. The number of amides is 1. The highest BCUT2D eigenvalue weighted by molar-refractivity contribution is 5.89. The molecular weight excluding hydrogens is 445 g/mol. The van der Waals surface area contributed by atoms with Crippen molar-refractivity contribution >= 4 is 11.9 Å². The van der Waals surface area contributed by atoms with Crippen molar-refractivity contribution in [2.24, 2.45) is 5.41 Å². The molecule has 0 spiro atoms. The Hall–Kier alpha value is -2.87. The number of benzene rings is 2. The number of carbonyl (C=O) groups is 2. The first-order chi connectivity index (χ1) is 15.9. The highest BCUT2D eigenvalue weighted by atomic mass is 19.4. The van der Waals surface area contributed by atoms with Crippen LogP contribution in [0.3, 0.4) is 0 Å². The lowest BCUT2D eigenvalue weighted by molar-refractivity contribution is -0.137. The average Bonchev–Trinajstić information content (AvgIpc) is 3.49. The predicted molar refractivity (Wildman–Crippen MR) is 121 cm³/mol. The van der Waals surface area contributed by atoms with E-state index in [1.807, 2.05) is 17.0 Å². The third kappa shape index (κ3) is 5.12. The van der Waals surface area contributed by atoms with E-state index < -0.39 is 23.2 Å². The monoisotopic (exact) mass is 474 g/mol. The van der Waals surface area contributed by atoms with E-state index in [0.717, 1.165) is 36.1 Å². The number of likely N-dealkylation sites (tertiary alicyclic amines) is 1. The summed E-state index contributed by atoms with van der Waals surface area (Å²) in [6, 6.07) is 11.8. The van der Waals surface area contributed by atoms with E-state index in [9.17, 15) is 22.8 Å². The van der Waals surface area contributed by atoms with Crippen molar-refractivity contribution in [3.8, 4) is 0 Å². The van der Waals surface area contributed by atoms with Crippen LogP contribution in [0.25, 0.3) is 0 Å². The average molecular weight is 475 g/mol. The zero-order valence-corrected chi connectivity index (χ0v) is 19.5. The number of alkyl halides is 3. The van der Waals surface area contributed by atoms with Gasteiger partial charge in [0.25, 0.3) is 0 Å². The Morgan fingerprint density at radius 3 is 2.21 bits per heavy atom. The van der Waals surface area contributed by atoms with E-state index in [1.54, 1.807) is 12.1 Å². The predicted octanol–water partition coefficient (Wildman–Crippen LogP) is 4.90. The van der Waals surface area contributed by atoms with Gasteiger partial charge in [-0.1, -0.05) is 38.1 Å². The first kappa shape index (κ1) is 24.3. The van der Waals surface area contributed by atoms with Gasteiger partial charge in [0.2, 0.25) is 5.91 Å². The number of hydrogen-bond acceptors (Lipinski definition) is 4. The molecule has 8 heteroatoms. The van der Waals surface area contributed by atoms with Crippen LogP contribution in [0.1, 0.15) is 60.2 Å². The minimum absolute atomic E-state index is 0.0768. The summed E-state index contributed by atoms with van der Waals surface area (Å²) in [5.41, 5.74) is 0.920. The molecule has 1 N–H and O–H groups in total. The van der Waals surface area contributed by atoms with Crippen LogP contribution in [-0.4, -0.2) is 36.5 Å². The fourth-order valence-electron chi connectivity index (χ4n) is 4.81. The number of ether oxygens (including phenoxy) is 1. The molecule has 2 aliphatic rings. The summed E-state index contributed by atoms with van der Waals surface area (Å²) >= 11 is 0. The molecule has 34 heavy (non-hydrogen) atoms. The SMILES string of the molecule is COC(=O)c1ccc(C2(NC(=O)[C@H]3CC(C)(C)CN3Cc3ccc(C(F)(F)F)cc3)CC2)cc1. The maximum absolute atomic E-state index is 13.4. The summed E-state index contributed by atoms with van der Waals surface area (Å²) in [4.78, 5) is 27.1. The smallest absolute Gasteiger partial charge is 0.416 e. The van der Waals surface area contributed by atoms with Gasteiger partial charge >= 0.3 is 12.1 Å². The number of rotatable bonds is 6. The molecular formula is C26H29F3N2O3. The minimum Gasteiger partial charge on any atom is -0.465 e. The van der Waals surface area contributed by atoms with Gasteiger partial charge in [0.1, 0.15) is 0 Å². The van der Waals surface area contributed by atoms with Crippen LogP contribution < -0.4 is 5.32 Å². The standard InChI is InChI=1S/C26H29F3N2O3/c1-24(2)14-21(31(16-24)15-17-4-8-20(9-5-17)26(27,28)29)22(32)30-25(12-13-25)19-10-6-18(7-11-19)23(33)34-3/h4-11,21H,12-16H2,1-3H3,(H,30,32)/t21-/m1/s1. The number of nitrogens with zero attached hydrogens (tertiary/aromatic N) is 1. The van der Waals surface area contributed by atoms with Crippen molar-refractivity contribution in [1.29, 1.82) is 0 Å². The molecule has 1 aliphatic heterocycles. The van der Waals surface area contributed by atoms with E-state index in [0.29, 0.717) is 25.1 Å². The zero-order chi connectivity index (χ0) is 24.7. The van der Waals surface area contributed by atoms with Crippen LogP contribution in [0.4, 0.5) is 13.2 Å². The Morgan fingerprint density at radius 1 is 1.06 bits per heavy atom. The third-order valence-corrected chi connectivity index (χ3v) is 6.76. The van der Waals surface area contributed by atoms with E-state index in [2.05, 4.69) is 19.2 Å². The lowest BCUT2D eigenvalue weighted by atomic mass is 9.90. The second-order valence-electron chi connectivity index (χ2n) is 10.1. The lowest BCUT2D eigenvalue weighted by Crippen LogP contribution is -2.46. The van der Waals surface area contributed by atoms with Gasteiger partial charge < -0.3 is 10.1 Å². The number of nitrogens with one attached hydrogen (secondary N) is 1. The van der Waals surface area contributed by atoms with Gasteiger partial charge in [-0.2, -0.15) is 13.2 Å². The van der Waals surface area contributed by atoms with E-state index in [1.165, 1.54) is 19.2 Å². The Morgan fingerprint density at radius 2 is 1.68 bits per heavy atom. The molecule has 0 aromatic heterocycles. The van der Waals surface area contributed by atoms with Crippen molar-refractivity contribution in [3.05, 3.63) is 70.8 Å². The maximum atomic E-state index is 13.4. The lowest BCUT2D eigenvalue weighted by Gasteiger charge is -2.27. The first-order valence-corrected chi connectivity index (χ1v) is 11.3. The number of hydrogen-bond donors (Lipinski definition) is 1. The normalized spacial score (nSPS) is 21.2. The van der Waals surface area contributed by atoms with Crippen molar-refractivity contribution < 1.29 is 27.5 Å². The van der Waals surface area contributed by atoms with Crippen molar-refractivity contribution in [3.63, 3.8) is 0 Å². The molecule has 2 fully saturated rings. The van der Waals surface area contributed by atoms with Gasteiger partial charge in [0.05, 0.1) is 29.8 Å². The molecule has 1 atom stereocenters. The summed E-state index contributed by atoms with van der Waals surface area (Å²) in [6.07, 6.45) is -2.09. The van der Waals surface area contributed by atoms with Crippen LogP contribution in [0, 0.1) is 5.41 Å². The van der Waals surface area contributed by atoms with Crippen molar-refractivity contribution in [2.45, 2.75) is 57.4 Å². The van der Waals surface area contributed by atoms with Gasteiger partial charge in [-0.05, 0) is 60.1 Å². The van der Waals surface area contributed by atoms with E-state index >= 15 is 0 Å². The zero-order valence-electron chi connectivity index (χ0n) is 19.5. The van der Waals surface area contributed by atoms with Crippen LogP contribution in [0.15, 0.2) is 48.5 Å². The van der Waals surface area contributed by atoms with E-state index in [-0.39, 0.29) is 17.4 Å². The quantitative estimate of drug-likeness (QED) is 0.606. The molecule has 1 heterocycles. The Bertz CT molecular complexity index is 1060. The summed E-state index contributed by atoms with van der Waals surface area (Å²) in [5.74, 6) is -0.487. The van der Waals surface area contributed by atoms with Gasteiger partial charge in [-0.25, -0.2) is 4.79 Å². The highest BCUT2D eigenvalue weighted by Crippen LogP contribution is 2.46. The topological polar surface area (TPSA) is 58.6 Å². The Labute approximate surface area is 197 Å². The van der Waals surface area contributed by atoms with Crippen LogP contribution >= 0.6 is 0 Å². The molecule has 2 aromatic rings. The summed E-state index contributed by atoms with van der Waals surface area (Å²) in [6.45, 7) is 5.27. The molecule has 1 aliphatic carbocycles.